The van der Waals surface area contributed by atoms with E-state index in [1.165, 1.54) is 10.9 Å². The number of halogens is 1. The molecule has 0 radical (unpaired) electrons. The molecule has 0 atom stereocenters. The fourth-order valence-electron chi connectivity index (χ4n) is 1.57. The van der Waals surface area contributed by atoms with Gasteiger partial charge in [0.1, 0.15) is 6.54 Å². The number of carboxylic acid groups (broad SMARTS) is 1. The molecular weight excluding hydrogens is 284 g/mol. The van der Waals surface area contributed by atoms with Crippen molar-refractivity contribution in [1.29, 1.82) is 0 Å². The highest BCUT2D eigenvalue weighted by atomic mass is 35.5. The van der Waals surface area contributed by atoms with Gasteiger partial charge in [-0.15, -0.1) is 5.10 Å². The van der Waals surface area contributed by atoms with Gasteiger partial charge in [-0.05, 0) is 24.3 Å². The Kier molecular flexibility index (Phi) is 4.31. The number of aromatic nitrogens is 3. The summed E-state index contributed by atoms with van der Waals surface area (Å²) in [5.74, 6) is -1.34. The van der Waals surface area contributed by atoms with E-state index in [-0.39, 0.29) is 18.9 Å². The fraction of sp³-hybridized carbons (Fsp3) is 0.167. The molecule has 0 bridgehead atoms. The summed E-state index contributed by atoms with van der Waals surface area (Å²) in [6, 6.07) is 6.64. The maximum atomic E-state index is 11.8. The second-order valence-electron chi connectivity index (χ2n) is 4.01. The maximum Gasteiger partial charge on any atom is 0.309 e. The molecule has 20 heavy (non-hydrogen) atoms. The third kappa shape index (κ3) is 3.79. The van der Waals surface area contributed by atoms with Crippen LogP contribution in [0.2, 0.25) is 5.02 Å². The summed E-state index contributed by atoms with van der Waals surface area (Å²) >= 11 is 5.74. The van der Waals surface area contributed by atoms with E-state index in [2.05, 4.69) is 15.6 Å². The molecule has 104 valence electrons. The van der Waals surface area contributed by atoms with Crippen LogP contribution in [0.5, 0.6) is 0 Å². The van der Waals surface area contributed by atoms with Crippen molar-refractivity contribution >= 4 is 29.2 Å². The molecule has 0 aliphatic heterocycles. The Labute approximate surface area is 119 Å². The lowest BCUT2D eigenvalue weighted by Crippen LogP contribution is -2.21. The van der Waals surface area contributed by atoms with Gasteiger partial charge in [0.15, 0.2) is 0 Å². The fourth-order valence-corrected chi connectivity index (χ4v) is 1.70. The highest BCUT2D eigenvalue weighted by Gasteiger charge is 2.11. The van der Waals surface area contributed by atoms with Gasteiger partial charge < -0.3 is 10.4 Å². The van der Waals surface area contributed by atoms with Gasteiger partial charge in [0.05, 0.1) is 18.3 Å². The number of hydrogen-bond donors (Lipinski definition) is 2. The minimum atomic E-state index is -1.01. The summed E-state index contributed by atoms with van der Waals surface area (Å²) in [5, 5.41) is 19.2. The molecular formula is C12H11ClN4O3. The highest BCUT2D eigenvalue weighted by molar-refractivity contribution is 6.30. The van der Waals surface area contributed by atoms with Gasteiger partial charge in [-0.1, -0.05) is 16.8 Å². The van der Waals surface area contributed by atoms with Crippen molar-refractivity contribution in [2.45, 2.75) is 13.0 Å². The predicted molar refractivity (Wildman–Crippen MR) is 71.4 cm³/mol. The topological polar surface area (TPSA) is 97.1 Å². The van der Waals surface area contributed by atoms with Crippen LogP contribution in [-0.4, -0.2) is 32.0 Å². The van der Waals surface area contributed by atoms with Crippen LogP contribution in [0.4, 0.5) is 5.69 Å². The van der Waals surface area contributed by atoms with Crippen molar-refractivity contribution in [3.8, 4) is 0 Å². The number of carbonyl (C=O) groups is 2. The quantitative estimate of drug-likeness (QED) is 0.863. The second kappa shape index (κ2) is 6.16. The average Bonchev–Trinajstić information content (AvgIpc) is 2.78. The number of rotatable bonds is 5. The second-order valence-corrected chi connectivity index (χ2v) is 4.45. The molecule has 0 spiro atoms. The Balaban J connectivity index is 1.99. The van der Waals surface area contributed by atoms with Crippen LogP contribution < -0.4 is 5.32 Å². The van der Waals surface area contributed by atoms with Gasteiger partial charge in [0.2, 0.25) is 5.91 Å². The molecule has 7 nitrogen and oxygen atoms in total. The number of benzene rings is 1. The SMILES string of the molecule is O=C(O)Cc1cnnn1CC(=O)Nc1ccc(Cl)cc1. The van der Waals surface area contributed by atoms with E-state index in [4.69, 9.17) is 16.7 Å². The van der Waals surface area contributed by atoms with Gasteiger partial charge in [-0.2, -0.15) is 0 Å². The summed E-state index contributed by atoms with van der Waals surface area (Å²) in [4.78, 5) is 22.5. The molecule has 2 N–H and O–H groups in total. The Morgan fingerprint density at radius 3 is 2.65 bits per heavy atom. The Morgan fingerprint density at radius 1 is 1.30 bits per heavy atom. The van der Waals surface area contributed by atoms with Gasteiger partial charge >= 0.3 is 5.97 Å². The molecule has 0 aliphatic rings. The van der Waals surface area contributed by atoms with Crippen molar-refractivity contribution in [3.63, 3.8) is 0 Å². The third-order valence-electron chi connectivity index (χ3n) is 2.45. The summed E-state index contributed by atoms with van der Waals surface area (Å²) in [7, 11) is 0. The van der Waals surface area contributed by atoms with Gasteiger partial charge in [0.25, 0.3) is 0 Å². The van der Waals surface area contributed by atoms with E-state index < -0.39 is 5.97 Å². The Morgan fingerprint density at radius 2 is 2.00 bits per heavy atom. The van der Waals surface area contributed by atoms with Crippen molar-refractivity contribution in [2.24, 2.45) is 0 Å². The lowest BCUT2D eigenvalue weighted by Gasteiger charge is -2.06. The first-order valence-electron chi connectivity index (χ1n) is 5.69. The van der Waals surface area contributed by atoms with Crippen LogP contribution in [-0.2, 0) is 22.6 Å². The monoisotopic (exact) mass is 294 g/mol. The molecule has 8 heteroatoms. The number of anilines is 1. The number of hydrogen-bond acceptors (Lipinski definition) is 4. The molecule has 0 aliphatic carbocycles. The first-order chi connectivity index (χ1) is 9.54. The molecule has 1 amide bonds. The van der Waals surface area contributed by atoms with E-state index in [1.54, 1.807) is 24.3 Å². The lowest BCUT2D eigenvalue weighted by molar-refractivity contribution is -0.136. The Bertz CT molecular complexity index is 624. The van der Waals surface area contributed by atoms with Crippen LogP contribution >= 0.6 is 11.6 Å². The van der Waals surface area contributed by atoms with Crippen LogP contribution in [0, 0.1) is 0 Å². The first-order valence-corrected chi connectivity index (χ1v) is 6.07. The van der Waals surface area contributed by atoms with Gasteiger partial charge in [-0.25, -0.2) is 4.68 Å². The van der Waals surface area contributed by atoms with Crippen LogP contribution in [0.1, 0.15) is 5.69 Å². The third-order valence-corrected chi connectivity index (χ3v) is 2.70. The highest BCUT2D eigenvalue weighted by Crippen LogP contribution is 2.13. The number of carbonyl (C=O) groups excluding carboxylic acids is 1. The zero-order chi connectivity index (χ0) is 14.5. The number of nitrogens with one attached hydrogen (secondary N) is 1. The summed E-state index contributed by atoms with van der Waals surface area (Å²) < 4.78 is 1.25. The molecule has 2 aromatic rings. The molecule has 0 unspecified atom stereocenters. The van der Waals surface area contributed by atoms with E-state index in [0.29, 0.717) is 16.4 Å². The van der Waals surface area contributed by atoms with Crippen molar-refractivity contribution in [2.75, 3.05) is 5.32 Å². The predicted octanol–water partition coefficient (Wildman–Crippen LogP) is 1.20. The number of amides is 1. The van der Waals surface area contributed by atoms with E-state index >= 15 is 0 Å². The molecule has 1 aromatic carbocycles. The minimum Gasteiger partial charge on any atom is -0.481 e. The largest absolute Gasteiger partial charge is 0.481 e. The number of aliphatic carboxylic acids is 1. The van der Waals surface area contributed by atoms with Crippen molar-refractivity contribution < 1.29 is 14.7 Å². The van der Waals surface area contributed by atoms with E-state index in [9.17, 15) is 9.59 Å². The van der Waals surface area contributed by atoms with Gasteiger partial charge in [-0.3, -0.25) is 9.59 Å². The maximum absolute atomic E-state index is 11.8. The molecule has 1 heterocycles. The first kappa shape index (κ1) is 14.0. The zero-order valence-corrected chi connectivity index (χ0v) is 11.0. The smallest absolute Gasteiger partial charge is 0.309 e. The van der Waals surface area contributed by atoms with Crippen LogP contribution in [0.25, 0.3) is 0 Å². The van der Waals surface area contributed by atoms with E-state index in [0.717, 1.165) is 0 Å². The molecule has 0 saturated heterocycles. The molecule has 0 fully saturated rings. The molecule has 1 aromatic heterocycles. The van der Waals surface area contributed by atoms with E-state index in [1.807, 2.05) is 0 Å². The van der Waals surface area contributed by atoms with Crippen molar-refractivity contribution in [1.82, 2.24) is 15.0 Å². The molecule has 0 saturated carbocycles. The minimum absolute atomic E-state index is 0.106. The zero-order valence-electron chi connectivity index (χ0n) is 10.3. The normalized spacial score (nSPS) is 10.2. The van der Waals surface area contributed by atoms with Gasteiger partial charge in [0, 0.05) is 10.7 Å². The summed E-state index contributed by atoms with van der Waals surface area (Å²) in [6.07, 6.45) is 1.09. The number of nitrogens with zero attached hydrogens (tertiary/aromatic N) is 3. The van der Waals surface area contributed by atoms with Crippen LogP contribution in [0.3, 0.4) is 0 Å². The van der Waals surface area contributed by atoms with Crippen molar-refractivity contribution in [3.05, 3.63) is 41.2 Å². The standard InChI is InChI=1S/C12H11ClN4O3/c13-8-1-3-9(4-2-8)15-11(18)7-17-10(5-12(19)20)6-14-16-17/h1-4,6H,5,7H2,(H,15,18)(H,19,20). The summed E-state index contributed by atoms with van der Waals surface area (Å²) in [5.41, 5.74) is 0.961. The number of carboxylic acids is 1. The Hall–Kier alpha value is -2.41. The van der Waals surface area contributed by atoms with Crippen LogP contribution in [0.15, 0.2) is 30.5 Å². The molecule has 2 rings (SSSR count). The lowest BCUT2D eigenvalue weighted by atomic mass is 10.3. The summed E-state index contributed by atoms with van der Waals surface area (Å²) in [6.45, 7) is -0.106. The average molecular weight is 295 g/mol.